The third-order valence-electron chi connectivity index (χ3n) is 3.51. The zero-order chi connectivity index (χ0) is 15.6. The molecule has 0 amide bonds. The van der Waals surface area contributed by atoms with Gasteiger partial charge in [-0.05, 0) is 51.0 Å². The Hall–Kier alpha value is -2.41. The summed E-state index contributed by atoms with van der Waals surface area (Å²) in [7, 11) is 0. The average molecular weight is 283 g/mol. The molecular weight excluding hydrogens is 265 g/mol. The van der Waals surface area contributed by atoms with E-state index in [1.54, 1.807) is 13.0 Å². The molecule has 0 radical (unpaired) electrons. The van der Waals surface area contributed by atoms with Crippen molar-refractivity contribution in [1.82, 2.24) is 4.98 Å². The maximum Gasteiger partial charge on any atom is 0.126 e. The van der Waals surface area contributed by atoms with Gasteiger partial charge in [0.1, 0.15) is 11.9 Å². The first-order chi connectivity index (χ1) is 9.92. The van der Waals surface area contributed by atoms with Gasteiger partial charge in [0.2, 0.25) is 0 Å². The van der Waals surface area contributed by atoms with Crippen LogP contribution in [-0.4, -0.2) is 4.98 Å². The highest BCUT2D eigenvalue weighted by molar-refractivity contribution is 5.60. The molecule has 1 unspecified atom stereocenters. The Morgan fingerprint density at radius 2 is 1.95 bits per heavy atom. The second-order valence-corrected chi connectivity index (χ2v) is 5.26. The van der Waals surface area contributed by atoms with E-state index >= 15 is 0 Å². The number of hydrogen-bond donors (Lipinski definition) is 1. The Labute approximate surface area is 124 Å². The van der Waals surface area contributed by atoms with Crippen molar-refractivity contribution >= 4 is 5.69 Å². The average Bonchev–Trinajstić information content (AvgIpc) is 2.41. The van der Waals surface area contributed by atoms with E-state index in [9.17, 15) is 9.65 Å². The minimum absolute atomic E-state index is 0.103. The molecule has 0 aliphatic heterocycles. The Balaban J connectivity index is 2.33. The third-order valence-corrected chi connectivity index (χ3v) is 3.51. The predicted molar refractivity (Wildman–Crippen MR) is 81.6 cm³/mol. The summed E-state index contributed by atoms with van der Waals surface area (Å²) < 4.78 is 13.7. The van der Waals surface area contributed by atoms with Crippen molar-refractivity contribution in [2.24, 2.45) is 0 Å². The quantitative estimate of drug-likeness (QED) is 0.918. The van der Waals surface area contributed by atoms with Gasteiger partial charge in [0.05, 0.1) is 16.9 Å². The number of anilines is 1. The molecule has 2 aromatic rings. The molecule has 1 aromatic carbocycles. The maximum absolute atomic E-state index is 13.7. The fourth-order valence-corrected chi connectivity index (χ4v) is 2.28. The Morgan fingerprint density at radius 3 is 2.57 bits per heavy atom. The molecule has 3 nitrogen and oxygen atoms in total. The van der Waals surface area contributed by atoms with Crippen molar-refractivity contribution in [3.8, 4) is 6.07 Å². The summed E-state index contributed by atoms with van der Waals surface area (Å²) in [6, 6.07) is 9.09. The molecule has 0 aliphatic carbocycles. The van der Waals surface area contributed by atoms with Gasteiger partial charge in [0.15, 0.2) is 0 Å². The van der Waals surface area contributed by atoms with E-state index in [0.29, 0.717) is 16.8 Å². The second-order valence-electron chi connectivity index (χ2n) is 5.26. The number of nitrogens with zero attached hydrogens (tertiary/aromatic N) is 2. The lowest BCUT2D eigenvalue weighted by atomic mass is 10.0. The second kappa shape index (κ2) is 5.92. The molecule has 0 spiro atoms. The van der Waals surface area contributed by atoms with Crippen LogP contribution in [0.2, 0.25) is 0 Å². The molecule has 0 saturated heterocycles. The normalized spacial score (nSPS) is 11.8. The Morgan fingerprint density at radius 1 is 1.24 bits per heavy atom. The van der Waals surface area contributed by atoms with E-state index in [1.807, 2.05) is 32.9 Å². The molecule has 4 heteroatoms. The first kappa shape index (κ1) is 15.0. The zero-order valence-corrected chi connectivity index (χ0v) is 12.7. The summed E-state index contributed by atoms with van der Waals surface area (Å²) in [4.78, 5) is 4.29. The molecule has 1 aromatic heterocycles. The first-order valence-corrected chi connectivity index (χ1v) is 6.83. The number of hydrogen-bond acceptors (Lipinski definition) is 3. The van der Waals surface area contributed by atoms with Crippen LogP contribution in [0.5, 0.6) is 0 Å². The van der Waals surface area contributed by atoms with Gasteiger partial charge >= 0.3 is 0 Å². The summed E-state index contributed by atoms with van der Waals surface area (Å²) in [6.07, 6.45) is 0. The number of aryl methyl sites for hydroxylation is 3. The number of halogens is 1. The van der Waals surface area contributed by atoms with Gasteiger partial charge in [-0.3, -0.25) is 4.98 Å². The van der Waals surface area contributed by atoms with E-state index in [1.165, 1.54) is 6.07 Å². The highest BCUT2D eigenvalue weighted by Gasteiger charge is 2.13. The van der Waals surface area contributed by atoms with E-state index in [4.69, 9.17) is 0 Å². The summed E-state index contributed by atoms with van der Waals surface area (Å²) in [6.45, 7) is 7.37. The molecule has 0 saturated carbocycles. The minimum atomic E-state index is -0.219. The fraction of sp³-hybridized carbons (Fsp3) is 0.294. The predicted octanol–water partition coefficient (Wildman–Crippen LogP) is 4.19. The van der Waals surface area contributed by atoms with Gasteiger partial charge in [-0.1, -0.05) is 12.1 Å². The SMILES string of the molecule is Cc1cc(NC(C)c2ccc(C)c(F)c2)c(C#N)c(C)n1. The summed E-state index contributed by atoms with van der Waals surface area (Å²) in [5, 5.41) is 12.5. The van der Waals surface area contributed by atoms with Gasteiger partial charge in [0, 0.05) is 11.7 Å². The lowest BCUT2D eigenvalue weighted by Crippen LogP contribution is -2.10. The molecule has 1 atom stereocenters. The van der Waals surface area contributed by atoms with E-state index in [-0.39, 0.29) is 11.9 Å². The number of benzene rings is 1. The van der Waals surface area contributed by atoms with Crippen molar-refractivity contribution in [3.05, 3.63) is 58.2 Å². The van der Waals surface area contributed by atoms with Crippen LogP contribution >= 0.6 is 0 Å². The first-order valence-electron chi connectivity index (χ1n) is 6.83. The van der Waals surface area contributed by atoms with Crippen LogP contribution in [0.1, 0.15) is 41.0 Å². The lowest BCUT2D eigenvalue weighted by molar-refractivity contribution is 0.614. The Bertz CT molecular complexity index is 717. The number of nitriles is 1. The van der Waals surface area contributed by atoms with Gasteiger partial charge in [-0.15, -0.1) is 0 Å². The van der Waals surface area contributed by atoms with Crippen LogP contribution in [0.4, 0.5) is 10.1 Å². The largest absolute Gasteiger partial charge is 0.377 e. The van der Waals surface area contributed by atoms with Gasteiger partial charge in [-0.25, -0.2) is 4.39 Å². The number of rotatable bonds is 3. The molecule has 21 heavy (non-hydrogen) atoms. The van der Waals surface area contributed by atoms with E-state index in [2.05, 4.69) is 16.4 Å². The zero-order valence-electron chi connectivity index (χ0n) is 12.7. The van der Waals surface area contributed by atoms with E-state index < -0.39 is 0 Å². The lowest BCUT2D eigenvalue weighted by Gasteiger charge is -2.18. The van der Waals surface area contributed by atoms with Crippen LogP contribution in [-0.2, 0) is 0 Å². The van der Waals surface area contributed by atoms with Crippen LogP contribution in [0.3, 0.4) is 0 Å². The topological polar surface area (TPSA) is 48.7 Å². The smallest absolute Gasteiger partial charge is 0.126 e. The fourth-order valence-electron chi connectivity index (χ4n) is 2.28. The van der Waals surface area contributed by atoms with Crippen LogP contribution in [0.15, 0.2) is 24.3 Å². The van der Waals surface area contributed by atoms with Crippen molar-refractivity contribution in [1.29, 1.82) is 5.26 Å². The summed E-state index contributed by atoms with van der Waals surface area (Å²) in [5.41, 5.74) is 4.27. The van der Waals surface area contributed by atoms with Crippen molar-refractivity contribution in [2.45, 2.75) is 33.7 Å². The van der Waals surface area contributed by atoms with Crippen molar-refractivity contribution < 1.29 is 4.39 Å². The summed E-state index contributed by atoms with van der Waals surface area (Å²) in [5.74, 6) is -0.219. The number of aromatic nitrogens is 1. The van der Waals surface area contributed by atoms with Crippen LogP contribution in [0.25, 0.3) is 0 Å². The van der Waals surface area contributed by atoms with Gasteiger partial charge in [0.25, 0.3) is 0 Å². The van der Waals surface area contributed by atoms with Crippen molar-refractivity contribution in [2.75, 3.05) is 5.32 Å². The number of pyridine rings is 1. The highest BCUT2D eigenvalue weighted by atomic mass is 19.1. The minimum Gasteiger partial charge on any atom is -0.377 e. The van der Waals surface area contributed by atoms with Crippen LogP contribution in [0, 0.1) is 37.9 Å². The molecule has 1 heterocycles. The van der Waals surface area contributed by atoms with Gasteiger partial charge < -0.3 is 5.32 Å². The number of nitrogens with one attached hydrogen (secondary N) is 1. The monoisotopic (exact) mass is 283 g/mol. The van der Waals surface area contributed by atoms with Crippen molar-refractivity contribution in [3.63, 3.8) is 0 Å². The maximum atomic E-state index is 13.7. The molecule has 0 aliphatic rings. The third kappa shape index (κ3) is 3.19. The van der Waals surface area contributed by atoms with Gasteiger partial charge in [-0.2, -0.15) is 5.26 Å². The van der Waals surface area contributed by atoms with E-state index in [0.717, 1.165) is 16.9 Å². The molecule has 0 bridgehead atoms. The summed E-state index contributed by atoms with van der Waals surface area (Å²) >= 11 is 0. The molecular formula is C17H18FN3. The Kier molecular flexibility index (Phi) is 4.23. The standard InChI is InChI=1S/C17H18FN3/c1-10-5-6-14(8-16(10)18)12(3)21-17-7-11(2)20-13(4)15(17)9-19/h5-8,12H,1-4H3,(H,20,21). The highest BCUT2D eigenvalue weighted by Crippen LogP contribution is 2.25. The molecule has 2 rings (SSSR count). The molecule has 0 fully saturated rings. The molecule has 108 valence electrons. The molecule has 1 N–H and O–H groups in total. The van der Waals surface area contributed by atoms with Crippen LogP contribution < -0.4 is 5.32 Å².